The number of benzene rings is 6. The normalized spacial score (nSPS) is 13.9. The fraction of sp³-hybridized carbons (Fsp3) is 0.143. The van der Waals surface area contributed by atoms with Crippen LogP contribution in [-0.4, -0.2) is 19.1 Å². The number of nitrogens with zero attached hydrogens (tertiary/aromatic N) is 6. The van der Waals surface area contributed by atoms with E-state index in [1.54, 1.807) is 30.3 Å². The molecule has 0 saturated carbocycles. The topological polar surface area (TPSA) is 53.1 Å². The van der Waals surface area contributed by atoms with Crippen molar-refractivity contribution in [3.63, 3.8) is 0 Å². The first kappa shape index (κ1) is 29.4. The van der Waals surface area contributed by atoms with Gasteiger partial charge in [0.05, 0.1) is 48.9 Å². The van der Waals surface area contributed by atoms with Crippen LogP contribution in [0.4, 0.5) is 5.69 Å². The van der Waals surface area contributed by atoms with E-state index in [2.05, 4.69) is 53.6 Å². The van der Waals surface area contributed by atoms with Gasteiger partial charge in [0.25, 0.3) is 0 Å². The summed E-state index contributed by atoms with van der Waals surface area (Å²) in [5, 5.41) is 1.96. The zero-order valence-corrected chi connectivity index (χ0v) is 35.1. The first-order chi connectivity index (χ1) is 34.9. The Bertz CT molecular complexity index is 3820. The molecule has 0 aliphatic carbocycles. The molecule has 0 unspecified atom stereocenters. The van der Waals surface area contributed by atoms with Crippen LogP contribution < -0.4 is 9.30 Å². The van der Waals surface area contributed by atoms with E-state index < -0.39 is 60.4 Å². The van der Waals surface area contributed by atoms with E-state index >= 15 is 0 Å². The van der Waals surface area contributed by atoms with Crippen molar-refractivity contribution in [3.05, 3.63) is 204 Å². The molecule has 4 heterocycles. The average Bonchev–Trinajstić information content (AvgIpc) is 3.91. The number of para-hydroxylation sites is 2. The Kier molecular flexibility index (Phi) is 7.58. The monoisotopic (exact) mass is 828 g/mol. The SMILES string of the molecule is [2H]c1c([2H])c([2H])c(-c2cccc(-c3c([2H])c([2H])c([2H])c([2H])c3[2H])c2CCC[n+]2[c-]n(-c3cc([N+]#[C-])cc(Oc4ccc5c6cnc(C)cc6n(-c6cc(C(C)(C)C)ccn6)c5c4)c3)c3ccccc32)c([2H])c1[2H]. The van der Waals surface area contributed by atoms with Crippen LogP contribution in [0.3, 0.4) is 0 Å². The molecule has 63 heavy (non-hydrogen) atoms. The minimum atomic E-state index is -0.545. The van der Waals surface area contributed by atoms with E-state index in [4.69, 9.17) is 30.0 Å². The maximum Gasteiger partial charge on any atom is 0.244 e. The molecular formula is C56H46N6O. The number of aryl methyl sites for hydroxylation is 2. The van der Waals surface area contributed by atoms with Crippen LogP contribution in [0.25, 0.3) is 71.4 Å². The zero-order valence-electron chi connectivity index (χ0n) is 45.1. The molecule has 306 valence electrons. The van der Waals surface area contributed by atoms with Crippen LogP contribution >= 0.6 is 0 Å². The van der Waals surface area contributed by atoms with Crippen molar-refractivity contribution >= 4 is 38.5 Å². The molecule has 7 heteroatoms. The molecule has 10 aromatic rings. The summed E-state index contributed by atoms with van der Waals surface area (Å²) in [6.45, 7) is 16.9. The second-order valence-corrected chi connectivity index (χ2v) is 16.4. The Morgan fingerprint density at radius 1 is 0.746 bits per heavy atom. The van der Waals surface area contributed by atoms with Gasteiger partial charge in [0.2, 0.25) is 6.33 Å². The minimum absolute atomic E-state index is 0.0543. The van der Waals surface area contributed by atoms with Crippen LogP contribution in [0.2, 0.25) is 0 Å². The standard InChI is InChI=1S/C56H46N6O/c1-38-30-53-50(36-59-38)49-26-25-44(35-54(49)62(53)55-31-41(27-28-58-55)56(2,3)4)63-45-33-42(57-5)32-43(34-45)61-37-60(51-23-12-13-24-52(51)61)29-15-22-48-46(39-16-8-6-9-17-39)20-14-21-47(48)40-18-10-7-11-19-40/h6-14,16-21,23-28,30-36H,15,22,29H2,1-4H3/i6D,7D,8D,9D,10D,11D,16D,17D,18D,19D. The summed E-state index contributed by atoms with van der Waals surface area (Å²) in [5.41, 5.74) is 7.24. The maximum absolute atomic E-state index is 8.87. The van der Waals surface area contributed by atoms with Crippen LogP contribution in [-0.2, 0) is 18.4 Å². The highest BCUT2D eigenvalue weighted by atomic mass is 16.5. The summed E-state index contributed by atoms with van der Waals surface area (Å²) in [7, 11) is 0. The Hall–Kier alpha value is -7.82. The summed E-state index contributed by atoms with van der Waals surface area (Å²) in [6.07, 6.45) is 7.81. The molecule has 0 atom stereocenters. The number of ether oxygens (including phenoxy) is 1. The van der Waals surface area contributed by atoms with Gasteiger partial charge in [-0.15, -0.1) is 0 Å². The number of fused-ring (bicyclic) bond motifs is 4. The van der Waals surface area contributed by atoms with Gasteiger partial charge in [0, 0.05) is 40.6 Å². The fourth-order valence-corrected chi connectivity index (χ4v) is 8.25. The van der Waals surface area contributed by atoms with Crippen molar-refractivity contribution in [1.82, 2.24) is 19.1 Å². The van der Waals surface area contributed by atoms with E-state index in [0.29, 0.717) is 52.5 Å². The highest BCUT2D eigenvalue weighted by Gasteiger charge is 2.20. The second-order valence-electron chi connectivity index (χ2n) is 16.4. The van der Waals surface area contributed by atoms with E-state index in [9.17, 15) is 0 Å². The van der Waals surface area contributed by atoms with Gasteiger partial charge in [-0.1, -0.05) is 130 Å². The van der Waals surface area contributed by atoms with Crippen molar-refractivity contribution in [3.8, 4) is 45.3 Å². The molecule has 0 N–H and O–H groups in total. The Morgan fingerprint density at radius 2 is 1.48 bits per heavy atom. The summed E-state index contributed by atoms with van der Waals surface area (Å²) < 4.78 is 98.3. The summed E-state index contributed by atoms with van der Waals surface area (Å²) in [6, 6.07) is 25.2. The number of aromatic nitrogens is 5. The van der Waals surface area contributed by atoms with Crippen LogP contribution in [0, 0.1) is 19.8 Å². The van der Waals surface area contributed by atoms with Gasteiger partial charge < -0.3 is 13.9 Å². The lowest BCUT2D eigenvalue weighted by Crippen LogP contribution is -2.33. The van der Waals surface area contributed by atoms with Gasteiger partial charge >= 0.3 is 0 Å². The van der Waals surface area contributed by atoms with Crippen molar-refractivity contribution in [1.29, 1.82) is 0 Å². The Labute approximate surface area is 382 Å². The minimum Gasteiger partial charge on any atom is -0.459 e. The predicted molar refractivity (Wildman–Crippen MR) is 254 cm³/mol. The quantitative estimate of drug-likeness (QED) is 0.102. The van der Waals surface area contributed by atoms with Crippen molar-refractivity contribution in [2.75, 3.05) is 0 Å². The summed E-state index contributed by atoms with van der Waals surface area (Å²) in [5.74, 6) is 1.74. The van der Waals surface area contributed by atoms with Gasteiger partial charge in [0.1, 0.15) is 17.3 Å². The van der Waals surface area contributed by atoms with Crippen LogP contribution in [0.15, 0.2) is 170 Å². The van der Waals surface area contributed by atoms with E-state index in [0.717, 1.165) is 49.9 Å². The molecule has 0 amide bonds. The molecule has 7 nitrogen and oxygen atoms in total. The molecular weight excluding hydrogens is 773 g/mol. The first-order valence-corrected chi connectivity index (χ1v) is 20.6. The number of imidazole rings is 1. The molecule has 0 aliphatic rings. The first-order valence-electron chi connectivity index (χ1n) is 25.6. The second kappa shape index (κ2) is 16.2. The van der Waals surface area contributed by atoms with Gasteiger partial charge in [-0.3, -0.25) is 9.55 Å². The van der Waals surface area contributed by atoms with Gasteiger partial charge in [0.15, 0.2) is 5.69 Å². The lowest BCUT2D eigenvalue weighted by molar-refractivity contribution is -0.676. The van der Waals surface area contributed by atoms with Crippen molar-refractivity contribution in [2.45, 2.75) is 52.5 Å². The molecule has 6 aromatic carbocycles. The third kappa shape index (κ3) is 7.62. The Morgan fingerprint density at radius 3 is 2.21 bits per heavy atom. The van der Waals surface area contributed by atoms with E-state index in [1.165, 1.54) is 0 Å². The number of rotatable bonds is 10. The number of hydrogen-bond acceptors (Lipinski definition) is 3. The zero-order chi connectivity index (χ0) is 51.8. The third-order valence-electron chi connectivity index (χ3n) is 11.3. The third-order valence-corrected chi connectivity index (χ3v) is 11.3. The lowest BCUT2D eigenvalue weighted by Gasteiger charge is -2.20. The van der Waals surface area contributed by atoms with Crippen LogP contribution in [0.1, 0.15) is 57.7 Å². The molecule has 0 spiro atoms. The van der Waals surface area contributed by atoms with E-state index in [1.807, 2.05) is 83.0 Å². The van der Waals surface area contributed by atoms with Gasteiger partial charge in [-0.2, -0.15) is 0 Å². The summed E-state index contributed by atoms with van der Waals surface area (Å²) >= 11 is 0. The van der Waals surface area contributed by atoms with Gasteiger partial charge in [-0.25, -0.2) is 9.83 Å². The lowest BCUT2D eigenvalue weighted by atomic mass is 9.88. The predicted octanol–water partition coefficient (Wildman–Crippen LogP) is 13.5. The highest BCUT2D eigenvalue weighted by molar-refractivity contribution is 6.09. The smallest absolute Gasteiger partial charge is 0.244 e. The Balaban J connectivity index is 1.03. The van der Waals surface area contributed by atoms with E-state index in [-0.39, 0.29) is 23.0 Å². The molecule has 10 rings (SSSR count). The number of pyridine rings is 2. The van der Waals surface area contributed by atoms with Crippen LogP contribution in [0.5, 0.6) is 11.5 Å². The molecule has 0 bridgehead atoms. The average molecular weight is 829 g/mol. The number of hydrogen-bond donors (Lipinski definition) is 0. The molecule has 0 fully saturated rings. The molecule has 0 radical (unpaired) electrons. The molecule has 0 aliphatic heterocycles. The van der Waals surface area contributed by atoms with Crippen molar-refractivity contribution in [2.24, 2.45) is 0 Å². The largest absolute Gasteiger partial charge is 0.459 e. The van der Waals surface area contributed by atoms with Crippen molar-refractivity contribution < 1.29 is 23.0 Å². The highest BCUT2D eigenvalue weighted by Crippen LogP contribution is 2.38. The molecule has 0 saturated heterocycles. The molecule has 4 aromatic heterocycles. The maximum atomic E-state index is 8.87. The summed E-state index contributed by atoms with van der Waals surface area (Å²) in [4.78, 5) is 13.3. The van der Waals surface area contributed by atoms with Gasteiger partial charge in [-0.05, 0) is 101 Å². The fourth-order valence-electron chi connectivity index (χ4n) is 8.25.